The van der Waals surface area contributed by atoms with Crippen molar-refractivity contribution in [1.82, 2.24) is 24.6 Å². The highest BCUT2D eigenvalue weighted by Crippen LogP contribution is 2.22. The smallest absolute Gasteiger partial charge is 0.253 e. The van der Waals surface area contributed by atoms with Gasteiger partial charge in [0.25, 0.3) is 5.91 Å². The zero-order chi connectivity index (χ0) is 18.1. The third-order valence-electron chi connectivity index (χ3n) is 5.23. The Labute approximate surface area is 152 Å². The Morgan fingerprint density at radius 1 is 1.12 bits per heavy atom. The third kappa shape index (κ3) is 3.31. The van der Waals surface area contributed by atoms with Crippen LogP contribution in [0.2, 0.25) is 0 Å². The van der Waals surface area contributed by atoms with E-state index in [1.165, 1.54) is 0 Å². The lowest BCUT2D eigenvalue weighted by molar-refractivity contribution is 0.0681. The fourth-order valence-corrected chi connectivity index (χ4v) is 3.54. The SMILES string of the molecule is Cc1nc2ccc(C(=O)N3CCC(Cn4cccn4)CC3)cc2nc1C. The number of hydrogen-bond donors (Lipinski definition) is 0. The normalized spacial score (nSPS) is 15.5. The van der Waals surface area contributed by atoms with E-state index in [0.29, 0.717) is 11.5 Å². The summed E-state index contributed by atoms with van der Waals surface area (Å²) in [6.07, 6.45) is 5.83. The van der Waals surface area contributed by atoms with Crippen LogP contribution >= 0.6 is 0 Å². The molecule has 0 spiro atoms. The number of carbonyl (C=O) groups is 1. The van der Waals surface area contributed by atoms with Crippen molar-refractivity contribution in [1.29, 1.82) is 0 Å². The molecule has 6 heteroatoms. The number of rotatable bonds is 3. The highest BCUT2D eigenvalue weighted by molar-refractivity contribution is 5.97. The van der Waals surface area contributed by atoms with Crippen molar-refractivity contribution < 1.29 is 4.79 Å². The molecule has 26 heavy (non-hydrogen) atoms. The van der Waals surface area contributed by atoms with Crippen molar-refractivity contribution in [2.45, 2.75) is 33.2 Å². The fourth-order valence-electron chi connectivity index (χ4n) is 3.54. The molecule has 1 aliphatic heterocycles. The van der Waals surface area contributed by atoms with Gasteiger partial charge < -0.3 is 4.90 Å². The molecule has 2 aromatic heterocycles. The first-order valence-electron chi connectivity index (χ1n) is 9.12. The van der Waals surface area contributed by atoms with Crippen LogP contribution in [0.5, 0.6) is 0 Å². The Bertz CT molecular complexity index is 927. The number of carbonyl (C=O) groups excluding carboxylic acids is 1. The molecule has 0 atom stereocenters. The molecule has 1 fully saturated rings. The molecule has 0 N–H and O–H groups in total. The first-order chi connectivity index (χ1) is 12.6. The van der Waals surface area contributed by atoms with Gasteiger partial charge in [0.1, 0.15) is 0 Å². The quantitative estimate of drug-likeness (QED) is 0.729. The molecule has 6 nitrogen and oxygen atoms in total. The summed E-state index contributed by atoms with van der Waals surface area (Å²) in [5.41, 5.74) is 4.15. The second kappa shape index (κ2) is 6.86. The molecular weight excluding hydrogens is 326 g/mol. The largest absolute Gasteiger partial charge is 0.339 e. The molecule has 1 amide bonds. The molecule has 1 aliphatic rings. The van der Waals surface area contributed by atoms with E-state index < -0.39 is 0 Å². The summed E-state index contributed by atoms with van der Waals surface area (Å²) in [5.74, 6) is 0.663. The second-order valence-corrected chi connectivity index (χ2v) is 7.06. The van der Waals surface area contributed by atoms with Crippen LogP contribution in [-0.2, 0) is 6.54 Å². The van der Waals surface area contributed by atoms with Crippen LogP contribution < -0.4 is 0 Å². The molecule has 134 valence electrons. The van der Waals surface area contributed by atoms with Crippen LogP contribution in [0.1, 0.15) is 34.6 Å². The van der Waals surface area contributed by atoms with Crippen LogP contribution in [0, 0.1) is 19.8 Å². The molecule has 0 aliphatic carbocycles. The van der Waals surface area contributed by atoms with E-state index >= 15 is 0 Å². The molecular formula is C20H23N5O. The minimum absolute atomic E-state index is 0.0875. The number of fused-ring (bicyclic) bond motifs is 1. The van der Waals surface area contributed by atoms with Crippen molar-refractivity contribution in [2.24, 2.45) is 5.92 Å². The number of nitrogens with zero attached hydrogens (tertiary/aromatic N) is 5. The maximum Gasteiger partial charge on any atom is 0.253 e. The zero-order valence-corrected chi connectivity index (χ0v) is 15.2. The average Bonchev–Trinajstić information content (AvgIpc) is 3.15. The van der Waals surface area contributed by atoms with Gasteiger partial charge in [0.15, 0.2) is 0 Å². The van der Waals surface area contributed by atoms with E-state index in [0.717, 1.165) is 54.9 Å². The van der Waals surface area contributed by atoms with Crippen molar-refractivity contribution in [2.75, 3.05) is 13.1 Å². The monoisotopic (exact) mass is 349 g/mol. The van der Waals surface area contributed by atoms with Crippen LogP contribution in [-0.4, -0.2) is 43.6 Å². The van der Waals surface area contributed by atoms with Gasteiger partial charge in [-0.1, -0.05) is 0 Å². The van der Waals surface area contributed by atoms with E-state index in [1.807, 2.05) is 60.1 Å². The predicted molar refractivity (Wildman–Crippen MR) is 99.9 cm³/mol. The Hall–Kier alpha value is -2.76. The summed E-state index contributed by atoms with van der Waals surface area (Å²) in [5, 5.41) is 4.28. The van der Waals surface area contributed by atoms with E-state index in [2.05, 4.69) is 15.1 Å². The van der Waals surface area contributed by atoms with Gasteiger partial charge in [-0.25, -0.2) is 9.97 Å². The lowest BCUT2D eigenvalue weighted by Gasteiger charge is -2.32. The first kappa shape index (κ1) is 16.7. The molecule has 1 saturated heterocycles. The van der Waals surface area contributed by atoms with Gasteiger partial charge in [-0.2, -0.15) is 5.10 Å². The maximum absolute atomic E-state index is 12.9. The van der Waals surface area contributed by atoms with Gasteiger partial charge in [0.05, 0.1) is 22.4 Å². The molecule has 4 rings (SSSR count). The summed E-state index contributed by atoms with van der Waals surface area (Å²) in [6.45, 7) is 6.41. The first-order valence-corrected chi connectivity index (χ1v) is 9.12. The van der Waals surface area contributed by atoms with Crippen LogP contribution in [0.3, 0.4) is 0 Å². The molecule has 3 aromatic rings. The number of amides is 1. The summed E-state index contributed by atoms with van der Waals surface area (Å²) >= 11 is 0. The molecule has 0 radical (unpaired) electrons. The molecule has 0 bridgehead atoms. The maximum atomic E-state index is 12.9. The van der Waals surface area contributed by atoms with Gasteiger partial charge >= 0.3 is 0 Å². The van der Waals surface area contributed by atoms with Crippen LogP contribution in [0.4, 0.5) is 0 Å². The van der Waals surface area contributed by atoms with E-state index in [9.17, 15) is 4.79 Å². The van der Waals surface area contributed by atoms with Crippen molar-refractivity contribution in [3.05, 3.63) is 53.6 Å². The number of aryl methyl sites for hydroxylation is 2. The number of benzene rings is 1. The van der Waals surface area contributed by atoms with Crippen molar-refractivity contribution in [3.8, 4) is 0 Å². The second-order valence-electron chi connectivity index (χ2n) is 7.06. The van der Waals surface area contributed by atoms with Gasteiger partial charge in [-0.3, -0.25) is 9.48 Å². The molecule has 0 unspecified atom stereocenters. The number of hydrogen-bond acceptors (Lipinski definition) is 4. The lowest BCUT2D eigenvalue weighted by Crippen LogP contribution is -2.39. The van der Waals surface area contributed by atoms with Gasteiger partial charge in [-0.05, 0) is 56.9 Å². The highest BCUT2D eigenvalue weighted by Gasteiger charge is 2.24. The Kier molecular flexibility index (Phi) is 4.41. The Balaban J connectivity index is 1.44. The van der Waals surface area contributed by atoms with Gasteiger partial charge in [-0.15, -0.1) is 0 Å². The van der Waals surface area contributed by atoms with E-state index in [4.69, 9.17) is 0 Å². The average molecular weight is 349 g/mol. The summed E-state index contributed by atoms with van der Waals surface area (Å²) in [7, 11) is 0. The number of aromatic nitrogens is 4. The Morgan fingerprint density at radius 2 is 1.85 bits per heavy atom. The summed E-state index contributed by atoms with van der Waals surface area (Å²) in [4.78, 5) is 23.9. The fraction of sp³-hybridized carbons (Fsp3) is 0.400. The standard InChI is InChI=1S/C20H23N5O/c1-14-15(2)23-19-12-17(4-5-18(19)22-14)20(26)24-10-6-16(7-11-24)13-25-9-3-8-21-25/h3-5,8-9,12,16H,6-7,10-11,13H2,1-2H3. The highest BCUT2D eigenvalue weighted by atomic mass is 16.2. The van der Waals surface area contributed by atoms with Crippen molar-refractivity contribution >= 4 is 16.9 Å². The Morgan fingerprint density at radius 3 is 2.54 bits per heavy atom. The van der Waals surface area contributed by atoms with Crippen LogP contribution in [0.25, 0.3) is 11.0 Å². The van der Waals surface area contributed by atoms with Crippen molar-refractivity contribution in [3.63, 3.8) is 0 Å². The zero-order valence-electron chi connectivity index (χ0n) is 15.2. The third-order valence-corrected chi connectivity index (χ3v) is 5.23. The molecule has 3 heterocycles. The molecule has 1 aromatic carbocycles. The number of piperidine rings is 1. The number of likely N-dealkylation sites (tertiary alicyclic amines) is 1. The minimum atomic E-state index is 0.0875. The predicted octanol–water partition coefficient (Wildman–Crippen LogP) is 3.00. The van der Waals surface area contributed by atoms with Gasteiger partial charge in [0, 0.05) is 37.6 Å². The molecule has 0 saturated carbocycles. The van der Waals surface area contributed by atoms with Gasteiger partial charge in [0.2, 0.25) is 0 Å². The lowest BCUT2D eigenvalue weighted by atomic mass is 9.96. The van der Waals surface area contributed by atoms with E-state index in [1.54, 1.807) is 0 Å². The minimum Gasteiger partial charge on any atom is -0.339 e. The summed E-state index contributed by atoms with van der Waals surface area (Å²) < 4.78 is 1.98. The van der Waals surface area contributed by atoms with Crippen LogP contribution in [0.15, 0.2) is 36.7 Å². The summed E-state index contributed by atoms with van der Waals surface area (Å²) in [6, 6.07) is 7.58. The van der Waals surface area contributed by atoms with E-state index in [-0.39, 0.29) is 5.91 Å². The topological polar surface area (TPSA) is 63.9 Å².